The molecule has 0 fully saturated rings. The SMILES string of the molecule is CCOCCN(C(=O)c1ccc(Cl)cc1C)c1ccccc1C(N)=O. The van der Waals surface area contributed by atoms with Crippen LogP contribution >= 0.6 is 11.6 Å². The van der Waals surface area contributed by atoms with Crippen molar-refractivity contribution in [2.45, 2.75) is 13.8 Å². The number of carbonyl (C=O) groups is 2. The third-order valence-electron chi connectivity index (χ3n) is 3.79. The summed E-state index contributed by atoms with van der Waals surface area (Å²) in [7, 11) is 0. The maximum Gasteiger partial charge on any atom is 0.258 e. The van der Waals surface area contributed by atoms with Gasteiger partial charge >= 0.3 is 0 Å². The number of para-hydroxylation sites is 1. The highest BCUT2D eigenvalue weighted by molar-refractivity contribution is 6.30. The number of nitrogens with zero attached hydrogens (tertiary/aromatic N) is 1. The van der Waals surface area contributed by atoms with E-state index in [1.54, 1.807) is 42.5 Å². The summed E-state index contributed by atoms with van der Waals surface area (Å²) in [4.78, 5) is 26.4. The molecular weight excluding hydrogens is 340 g/mol. The molecule has 2 aromatic carbocycles. The molecule has 0 spiro atoms. The molecule has 0 unspecified atom stereocenters. The highest BCUT2D eigenvalue weighted by Gasteiger charge is 2.23. The number of primary amides is 1. The number of anilines is 1. The summed E-state index contributed by atoms with van der Waals surface area (Å²) in [5, 5.41) is 0.562. The molecule has 132 valence electrons. The van der Waals surface area contributed by atoms with Crippen LogP contribution < -0.4 is 10.6 Å². The minimum Gasteiger partial charge on any atom is -0.380 e. The largest absolute Gasteiger partial charge is 0.380 e. The average Bonchev–Trinajstić information content (AvgIpc) is 2.58. The van der Waals surface area contributed by atoms with E-state index in [-0.39, 0.29) is 5.91 Å². The van der Waals surface area contributed by atoms with Gasteiger partial charge in [0, 0.05) is 23.7 Å². The number of halogens is 1. The van der Waals surface area contributed by atoms with Crippen molar-refractivity contribution in [2.75, 3.05) is 24.7 Å². The smallest absolute Gasteiger partial charge is 0.258 e. The highest BCUT2D eigenvalue weighted by atomic mass is 35.5. The Labute approximate surface area is 152 Å². The fourth-order valence-corrected chi connectivity index (χ4v) is 2.79. The van der Waals surface area contributed by atoms with Gasteiger partial charge in [0.25, 0.3) is 11.8 Å². The molecule has 2 amide bonds. The molecular formula is C19H21ClN2O3. The molecule has 2 aromatic rings. The Morgan fingerprint density at radius 2 is 1.88 bits per heavy atom. The number of carbonyl (C=O) groups excluding carboxylic acids is 2. The van der Waals surface area contributed by atoms with E-state index in [4.69, 9.17) is 22.1 Å². The second-order valence-electron chi connectivity index (χ2n) is 5.49. The van der Waals surface area contributed by atoms with Crippen molar-refractivity contribution >= 4 is 29.1 Å². The molecule has 0 aliphatic heterocycles. The molecule has 25 heavy (non-hydrogen) atoms. The number of ether oxygens (including phenoxy) is 1. The van der Waals surface area contributed by atoms with E-state index in [1.807, 2.05) is 13.8 Å². The highest BCUT2D eigenvalue weighted by Crippen LogP contribution is 2.24. The summed E-state index contributed by atoms with van der Waals surface area (Å²) in [6, 6.07) is 11.9. The first-order valence-electron chi connectivity index (χ1n) is 8.00. The van der Waals surface area contributed by atoms with Gasteiger partial charge in [-0.1, -0.05) is 23.7 Å². The van der Waals surface area contributed by atoms with Crippen molar-refractivity contribution in [1.29, 1.82) is 0 Å². The molecule has 0 radical (unpaired) electrons. The van der Waals surface area contributed by atoms with Crippen molar-refractivity contribution in [3.63, 3.8) is 0 Å². The number of benzene rings is 2. The molecule has 0 aromatic heterocycles. The van der Waals surface area contributed by atoms with Gasteiger partial charge in [0.2, 0.25) is 0 Å². The summed E-state index contributed by atoms with van der Waals surface area (Å²) in [6.45, 7) is 4.90. The minimum absolute atomic E-state index is 0.234. The number of hydrogen-bond donors (Lipinski definition) is 1. The van der Waals surface area contributed by atoms with Crippen LogP contribution in [0.1, 0.15) is 33.2 Å². The van der Waals surface area contributed by atoms with Gasteiger partial charge in [-0.2, -0.15) is 0 Å². The van der Waals surface area contributed by atoms with Gasteiger partial charge in [-0.25, -0.2) is 0 Å². The monoisotopic (exact) mass is 360 g/mol. The summed E-state index contributed by atoms with van der Waals surface area (Å²) in [5.74, 6) is -0.819. The van der Waals surface area contributed by atoms with Crippen molar-refractivity contribution < 1.29 is 14.3 Å². The Hall–Kier alpha value is -2.37. The quantitative estimate of drug-likeness (QED) is 0.769. The predicted molar refractivity (Wildman–Crippen MR) is 99.3 cm³/mol. The summed E-state index contributed by atoms with van der Waals surface area (Å²) in [6.07, 6.45) is 0. The van der Waals surface area contributed by atoms with E-state index in [0.717, 1.165) is 5.56 Å². The zero-order valence-corrected chi connectivity index (χ0v) is 15.0. The lowest BCUT2D eigenvalue weighted by molar-refractivity contribution is 0.0964. The van der Waals surface area contributed by atoms with Gasteiger partial charge in [-0.3, -0.25) is 9.59 Å². The van der Waals surface area contributed by atoms with Crippen LogP contribution in [0.5, 0.6) is 0 Å². The van der Waals surface area contributed by atoms with Crippen molar-refractivity contribution in [1.82, 2.24) is 0 Å². The lowest BCUT2D eigenvalue weighted by atomic mass is 10.1. The fraction of sp³-hybridized carbons (Fsp3) is 0.263. The third kappa shape index (κ3) is 4.59. The average molecular weight is 361 g/mol. The predicted octanol–water partition coefficient (Wildman–Crippen LogP) is 3.43. The molecule has 0 aliphatic carbocycles. The second kappa shape index (κ2) is 8.65. The van der Waals surface area contributed by atoms with Gasteiger partial charge in [0.1, 0.15) is 0 Å². The molecule has 6 heteroatoms. The molecule has 2 N–H and O–H groups in total. The Morgan fingerprint density at radius 3 is 2.52 bits per heavy atom. The first-order valence-corrected chi connectivity index (χ1v) is 8.38. The lowest BCUT2D eigenvalue weighted by Gasteiger charge is -2.25. The lowest BCUT2D eigenvalue weighted by Crippen LogP contribution is -2.36. The number of aryl methyl sites for hydroxylation is 1. The molecule has 5 nitrogen and oxygen atoms in total. The van der Waals surface area contributed by atoms with E-state index >= 15 is 0 Å². The van der Waals surface area contributed by atoms with Gasteiger partial charge < -0.3 is 15.4 Å². The van der Waals surface area contributed by atoms with Crippen LogP contribution in [0.3, 0.4) is 0 Å². The van der Waals surface area contributed by atoms with Crippen LogP contribution in [0.4, 0.5) is 5.69 Å². The molecule has 0 saturated heterocycles. The number of nitrogens with two attached hydrogens (primary N) is 1. The maximum absolute atomic E-state index is 13.1. The van der Waals surface area contributed by atoms with Crippen molar-refractivity contribution in [3.05, 3.63) is 64.2 Å². The number of amides is 2. The Kier molecular flexibility index (Phi) is 6.56. The molecule has 0 saturated carbocycles. The van der Waals surface area contributed by atoms with E-state index in [9.17, 15) is 9.59 Å². The Bertz CT molecular complexity index is 777. The zero-order valence-electron chi connectivity index (χ0n) is 14.3. The van der Waals surface area contributed by atoms with E-state index in [0.29, 0.717) is 41.6 Å². The van der Waals surface area contributed by atoms with Gasteiger partial charge in [0.05, 0.1) is 17.9 Å². The first-order chi connectivity index (χ1) is 12.0. The van der Waals surface area contributed by atoms with E-state index in [1.165, 1.54) is 4.90 Å². The fourth-order valence-electron chi connectivity index (χ4n) is 2.56. The van der Waals surface area contributed by atoms with Crippen LogP contribution in [0, 0.1) is 6.92 Å². The van der Waals surface area contributed by atoms with Crippen LogP contribution in [0.15, 0.2) is 42.5 Å². The van der Waals surface area contributed by atoms with E-state index in [2.05, 4.69) is 0 Å². The van der Waals surface area contributed by atoms with Crippen LogP contribution in [-0.4, -0.2) is 31.6 Å². The minimum atomic E-state index is -0.586. The third-order valence-corrected chi connectivity index (χ3v) is 4.02. The van der Waals surface area contributed by atoms with Crippen molar-refractivity contribution in [2.24, 2.45) is 5.73 Å². The molecule has 0 bridgehead atoms. The first kappa shape index (κ1) is 19.0. The topological polar surface area (TPSA) is 72.6 Å². The summed E-state index contributed by atoms with van der Waals surface area (Å²) in [5.41, 5.74) is 7.50. The van der Waals surface area contributed by atoms with Crippen LogP contribution in [0.25, 0.3) is 0 Å². The zero-order chi connectivity index (χ0) is 18.4. The Balaban J connectivity index is 2.45. The van der Waals surface area contributed by atoms with E-state index < -0.39 is 5.91 Å². The molecule has 0 aliphatic rings. The summed E-state index contributed by atoms with van der Waals surface area (Å²) >= 11 is 5.98. The van der Waals surface area contributed by atoms with Crippen LogP contribution in [-0.2, 0) is 4.74 Å². The maximum atomic E-state index is 13.1. The summed E-state index contributed by atoms with van der Waals surface area (Å²) < 4.78 is 5.39. The van der Waals surface area contributed by atoms with Gasteiger partial charge in [0.15, 0.2) is 0 Å². The van der Waals surface area contributed by atoms with Gasteiger partial charge in [-0.05, 0) is 49.7 Å². The normalized spacial score (nSPS) is 10.5. The Morgan fingerprint density at radius 1 is 1.16 bits per heavy atom. The van der Waals surface area contributed by atoms with Crippen LogP contribution in [0.2, 0.25) is 5.02 Å². The van der Waals surface area contributed by atoms with Gasteiger partial charge in [-0.15, -0.1) is 0 Å². The standard InChI is InChI=1S/C19H21ClN2O3/c1-3-25-11-10-22(17-7-5-4-6-16(17)18(21)23)19(24)15-9-8-14(20)12-13(15)2/h4-9,12H,3,10-11H2,1-2H3,(H2,21,23). The van der Waals surface area contributed by atoms with Crippen molar-refractivity contribution in [3.8, 4) is 0 Å². The number of rotatable bonds is 7. The number of hydrogen-bond acceptors (Lipinski definition) is 3. The molecule has 0 atom stereocenters. The molecule has 2 rings (SSSR count). The second-order valence-corrected chi connectivity index (χ2v) is 5.93. The molecule has 0 heterocycles.